The summed E-state index contributed by atoms with van der Waals surface area (Å²) in [5.74, 6) is 2.15. The lowest BCUT2D eigenvalue weighted by Gasteiger charge is -2.20. The van der Waals surface area contributed by atoms with Crippen LogP contribution >= 0.6 is 0 Å². The number of amides is 1. The Labute approximate surface area is 202 Å². The first-order chi connectivity index (χ1) is 16.5. The van der Waals surface area contributed by atoms with Gasteiger partial charge in [0.2, 0.25) is 5.91 Å². The van der Waals surface area contributed by atoms with Crippen LogP contribution in [0.15, 0.2) is 47.1 Å². The molecule has 0 fully saturated rings. The molecule has 0 aliphatic rings. The van der Waals surface area contributed by atoms with Crippen molar-refractivity contribution in [3.8, 4) is 28.4 Å². The van der Waals surface area contributed by atoms with Gasteiger partial charge in [0.05, 0.1) is 27.1 Å². The number of methoxy groups -OCH3 is 2. The van der Waals surface area contributed by atoms with E-state index in [0.29, 0.717) is 17.9 Å². The number of furan rings is 1. The Balaban J connectivity index is 2.14. The van der Waals surface area contributed by atoms with Crippen LogP contribution in [0.25, 0.3) is 27.7 Å². The highest BCUT2D eigenvalue weighted by Gasteiger charge is 2.19. The number of rotatable bonds is 11. The topological polar surface area (TPSA) is 61.1 Å². The van der Waals surface area contributed by atoms with Gasteiger partial charge in [-0.3, -0.25) is 4.79 Å². The van der Waals surface area contributed by atoms with Crippen molar-refractivity contribution in [2.75, 3.05) is 33.9 Å². The first-order valence-corrected chi connectivity index (χ1v) is 11.8. The Bertz CT molecular complexity index is 1160. The van der Waals surface area contributed by atoms with Crippen molar-refractivity contribution in [3.63, 3.8) is 0 Å². The van der Waals surface area contributed by atoms with E-state index in [1.165, 1.54) is 0 Å². The summed E-state index contributed by atoms with van der Waals surface area (Å²) in [6, 6.07) is 9.59. The highest BCUT2D eigenvalue weighted by Crippen LogP contribution is 2.41. The van der Waals surface area contributed by atoms with Crippen LogP contribution in [-0.4, -0.2) is 44.7 Å². The fraction of sp³-hybridized carbons (Fsp3) is 0.393. The summed E-state index contributed by atoms with van der Waals surface area (Å²) in [7, 11) is 3.28. The van der Waals surface area contributed by atoms with E-state index in [2.05, 4.69) is 13.8 Å². The predicted octanol–water partition coefficient (Wildman–Crippen LogP) is 6.57. The number of hydrogen-bond donors (Lipinski definition) is 0. The van der Waals surface area contributed by atoms with E-state index in [9.17, 15) is 4.79 Å². The average Bonchev–Trinajstić information content (AvgIpc) is 3.25. The Kier molecular flexibility index (Phi) is 8.63. The zero-order chi connectivity index (χ0) is 24.7. The molecule has 6 nitrogen and oxygen atoms in total. The molecule has 0 saturated heterocycles. The van der Waals surface area contributed by atoms with Crippen molar-refractivity contribution in [3.05, 3.63) is 48.2 Å². The van der Waals surface area contributed by atoms with Crippen LogP contribution in [0.4, 0.5) is 0 Å². The lowest BCUT2D eigenvalue weighted by molar-refractivity contribution is -0.126. The molecule has 6 heteroatoms. The average molecular weight is 466 g/mol. The molecule has 0 radical (unpaired) electrons. The van der Waals surface area contributed by atoms with Gasteiger partial charge in [0, 0.05) is 47.3 Å². The second-order valence-corrected chi connectivity index (χ2v) is 8.15. The van der Waals surface area contributed by atoms with E-state index in [0.717, 1.165) is 65.1 Å². The van der Waals surface area contributed by atoms with Gasteiger partial charge in [-0.15, -0.1) is 0 Å². The van der Waals surface area contributed by atoms with Crippen LogP contribution < -0.4 is 14.2 Å². The molecule has 0 N–H and O–H groups in total. The van der Waals surface area contributed by atoms with E-state index < -0.39 is 0 Å². The SMILES string of the molecule is CCCN(CCC)C(=O)/C=C(\C)c1cc2c(-c3cc(OC)ccc3OC)coc2cc1OCC. The number of fused-ring (bicyclic) bond motifs is 1. The molecule has 2 aromatic carbocycles. The van der Waals surface area contributed by atoms with Gasteiger partial charge in [-0.05, 0) is 56.5 Å². The lowest BCUT2D eigenvalue weighted by Crippen LogP contribution is -2.31. The molecule has 0 unspecified atom stereocenters. The van der Waals surface area contributed by atoms with E-state index in [1.54, 1.807) is 26.6 Å². The fourth-order valence-corrected chi connectivity index (χ4v) is 4.10. The molecular weight excluding hydrogens is 430 g/mol. The zero-order valence-electron chi connectivity index (χ0n) is 21.1. The molecule has 0 saturated carbocycles. The van der Waals surface area contributed by atoms with Crippen molar-refractivity contribution in [1.82, 2.24) is 4.90 Å². The van der Waals surface area contributed by atoms with E-state index in [1.807, 2.05) is 49.1 Å². The first kappa shape index (κ1) is 25.2. The van der Waals surface area contributed by atoms with E-state index in [4.69, 9.17) is 18.6 Å². The van der Waals surface area contributed by atoms with Crippen molar-refractivity contribution < 1.29 is 23.4 Å². The number of hydrogen-bond acceptors (Lipinski definition) is 5. The Morgan fingerprint density at radius 1 is 0.971 bits per heavy atom. The van der Waals surface area contributed by atoms with Gasteiger partial charge < -0.3 is 23.5 Å². The lowest BCUT2D eigenvalue weighted by atomic mass is 9.98. The summed E-state index contributed by atoms with van der Waals surface area (Å²) in [5, 5.41) is 0.907. The van der Waals surface area contributed by atoms with Gasteiger partial charge in [0.25, 0.3) is 0 Å². The number of ether oxygens (including phenoxy) is 3. The maximum atomic E-state index is 13.0. The normalized spacial score (nSPS) is 11.5. The summed E-state index contributed by atoms with van der Waals surface area (Å²) in [6.45, 7) is 10.1. The molecule has 0 aliphatic carbocycles. The first-order valence-electron chi connectivity index (χ1n) is 11.8. The molecule has 182 valence electrons. The standard InChI is InChI=1S/C28H35NO5/c1-7-12-29(13-8-2)28(30)14-19(4)21-16-23-24(18-34-27(23)17-26(21)33-9-3)22-15-20(31-5)10-11-25(22)32-6/h10-11,14-18H,7-9,12-13H2,1-6H3/b19-14+. The fourth-order valence-electron chi connectivity index (χ4n) is 4.10. The van der Waals surface area contributed by atoms with Gasteiger partial charge in [-0.1, -0.05) is 13.8 Å². The molecule has 0 spiro atoms. The van der Waals surface area contributed by atoms with Gasteiger partial charge in [-0.25, -0.2) is 0 Å². The Morgan fingerprint density at radius 2 is 1.71 bits per heavy atom. The number of allylic oxidation sites excluding steroid dienone is 1. The van der Waals surface area contributed by atoms with Crippen LogP contribution in [-0.2, 0) is 4.79 Å². The molecule has 3 aromatic rings. The van der Waals surface area contributed by atoms with Crippen molar-refractivity contribution in [2.24, 2.45) is 0 Å². The quantitative estimate of drug-likeness (QED) is 0.300. The van der Waals surface area contributed by atoms with Crippen LogP contribution in [0.3, 0.4) is 0 Å². The van der Waals surface area contributed by atoms with Crippen molar-refractivity contribution in [2.45, 2.75) is 40.5 Å². The van der Waals surface area contributed by atoms with E-state index in [-0.39, 0.29) is 5.91 Å². The molecule has 0 atom stereocenters. The molecule has 1 heterocycles. The van der Waals surface area contributed by atoms with Crippen LogP contribution in [0.2, 0.25) is 0 Å². The maximum absolute atomic E-state index is 13.0. The summed E-state index contributed by atoms with van der Waals surface area (Å²) in [4.78, 5) is 14.9. The third kappa shape index (κ3) is 5.38. The number of carbonyl (C=O) groups excluding carboxylic acids is 1. The smallest absolute Gasteiger partial charge is 0.246 e. The minimum atomic E-state index is 0.0191. The molecule has 34 heavy (non-hydrogen) atoms. The van der Waals surface area contributed by atoms with Crippen molar-refractivity contribution in [1.29, 1.82) is 0 Å². The summed E-state index contributed by atoms with van der Waals surface area (Å²) in [5.41, 5.74) is 4.15. The number of carbonyl (C=O) groups is 1. The number of nitrogens with zero attached hydrogens (tertiary/aromatic N) is 1. The largest absolute Gasteiger partial charge is 0.497 e. The third-order valence-electron chi connectivity index (χ3n) is 5.74. The summed E-state index contributed by atoms with van der Waals surface area (Å²) in [6.07, 6.45) is 5.28. The minimum Gasteiger partial charge on any atom is -0.497 e. The molecule has 1 amide bonds. The van der Waals surface area contributed by atoms with Gasteiger partial charge >= 0.3 is 0 Å². The third-order valence-corrected chi connectivity index (χ3v) is 5.74. The highest BCUT2D eigenvalue weighted by atomic mass is 16.5. The highest BCUT2D eigenvalue weighted by molar-refractivity contribution is 6.01. The predicted molar refractivity (Wildman–Crippen MR) is 137 cm³/mol. The van der Waals surface area contributed by atoms with Crippen LogP contribution in [0, 0.1) is 0 Å². The molecule has 0 bridgehead atoms. The molecule has 3 rings (SSSR count). The molecule has 1 aromatic heterocycles. The van der Waals surface area contributed by atoms with Gasteiger partial charge in [-0.2, -0.15) is 0 Å². The zero-order valence-corrected chi connectivity index (χ0v) is 21.1. The summed E-state index contributed by atoms with van der Waals surface area (Å²) < 4.78 is 22.9. The number of benzene rings is 2. The molecular formula is C28H35NO5. The second-order valence-electron chi connectivity index (χ2n) is 8.15. The minimum absolute atomic E-state index is 0.0191. The van der Waals surface area contributed by atoms with Crippen LogP contribution in [0.1, 0.15) is 46.1 Å². The maximum Gasteiger partial charge on any atom is 0.246 e. The second kappa shape index (κ2) is 11.6. The van der Waals surface area contributed by atoms with Crippen LogP contribution in [0.5, 0.6) is 17.2 Å². The summed E-state index contributed by atoms with van der Waals surface area (Å²) >= 11 is 0. The molecule has 0 aliphatic heterocycles. The monoisotopic (exact) mass is 465 g/mol. The van der Waals surface area contributed by atoms with E-state index >= 15 is 0 Å². The Morgan fingerprint density at radius 3 is 2.32 bits per heavy atom. The Hall–Kier alpha value is -3.41. The van der Waals surface area contributed by atoms with Gasteiger partial charge in [0.15, 0.2) is 0 Å². The van der Waals surface area contributed by atoms with Crippen molar-refractivity contribution >= 4 is 22.4 Å². The van der Waals surface area contributed by atoms with Gasteiger partial charge in [0.1, 0.15) is 22.8 Å².